The smallest absolute Gasteiger partial charge is 0.222 e. The second-order valence-electron chi connectivity index (χ2n) is 6.15. The van der Waals surface area contributed by atoms with Crippen LogP contribution in [0.15, 0.2) is 0 Å². The molecular weight excluding hydrogens is 290 g/mol. The van der Waals surface area contributed by atoms with Crippen LogP contribution >= 0.6 is 12.4 Å². The number of nitrogens with one attached hydrogen (secondary N) is 2. The van der Waals surface area contributed by atoms with Crippen LogP contribution in [0.1, 0.15) is 37.3 Å². The van der Waals surface area contributed by atoms with Crippen LogP contribution in [-0.2, 0) is 11.2 Å². The summed E-state index contributed by atoms with van der Waals surface area (Å²) in [4.78, 5) is 18.4. The third-order valence-corrected chi connectivity index (χ3v) is 4.66. The van der Waals surface area contributed by atoms with Crippen LogP contribution in [0.25, 0.3) is 0 Å². The van der Waals surface area contributed by atoms with Gasteiger partial charge in [-0.1, -0.05) is 0 Å². The maximum atomic E-state index is 12.1. The molecule has 2 aliphatic heterocycles. The molecule has 1 aromatic rings. The molecule has 0 radical (unpaired) electrons. The highest BCUT2D eigenvalue weighted by molar-refractivity contribution is 5.85. The molecule has 7 heteroatoms. The van der Waals surface area contributed by atoms with Gasteiger partial charge in [-0.15, -0.1) is 12.4 Å². The van der Waals surface area contributed by atoms with E-state index in [0.29, 0.717) is 17.7 Å². The van der Waals surface area contributed by atoms with Gasteiger partial charge in [0.2, 0.25) is 5.91 Å². The van der Waals surface area contributed by atoms with Gasteiger partial charge in [-0.05, 0) is 44.7 Å². The monoisotopic (exact) mass is 313 g/mol. The number of carbonyl (C=O) groups is 1. The minimum absolute atomic E-state index is 0. The van der Waals surface area contributed by atoms with Crippen LogP contribution in [0.2, 0.25) is 0 Å². The molecule has 0 unspecified atom stereocenters. The Morgan fingerprint density at radius 3 is 2.71 bits per heavy atom. The summed E-state index contributed by atoms with van der Waals surface area (Å²) in [5.74, 6) is 1.93. The number of aryl methyl sites for hydroxylation is 1. The number of halogens is 1. The fraction of sp³-hybridized carbons (Fsp3) is 0.786. The Balaban J connectivity index is 0.00000161. The van der Waals surface area contributed by atoms with Gasteiger partial charge >= 0.3 is 0 Å². The van der Waals surface area contributed by atoms with Crippen molar-refractivity contribution in [1.29, 1.82) is 0 Å². The summed E-state index contributed by atoms with van der Waals surface area (Å²) in [6.07, 6.45) is 4.88. The van der Waals surface area contributed by atoms with Crippen molar-refractivity contribution in [1.82, 2.24) is 25.4 Å². The van der Waals surface area contributed by atoms with Crippen molar-refractivity contribution in [2.75, 3.05) is 26.2 Å². The number of likely N-dealkylation sites (tertiary alicyclic amines) is 1. The molecule has 0 saturated carbocycles. The van der Waals surface area contributed by atoms with Crippen LogP contribution in [0.4, 0.5) is 0 Å². The number of nitrogens with zero attached hydrogens (tertiary/aromatic N) is 3. The number of H-pyrrole nitrogens is 1. The molecule has 1 spiro atoms. The first kappa shape index (κ1) is 16.2. The quantitative estimate of drug-likeness (QED) is 0.875. The van der Waals surface area contributed by atoms with E-state index in [4.69, 9.17) is 0 Å². The molecule has 0 atom stereocenters. The lowest BCUT2D eigenvalue weighted by atomic mass is 9.73. The van der Waals surface area contributed by atoms with Crippen LogP contribution < -0.4 is 5.32 Å². The number of rotatable bonds is 3. The van der Waals surface area contributed by atoms with Gasteiger partial charge in [0, 0.05) is 25.9 Å². The molecule has 21 heavy (non-hydrogen) atoms. The number of aromatic amines is 1. The van der Waals surface area contributed by atoms with Crippen molar-refractivity contribution in [3.05, 3.63) is 11.6 Å². The van der Waals surface area contributed by atoms with Crippen LogP contribution in [0.5, 0.6) is 0 Å². The Kier molecular flexibility index (Phi) is 5.22. The molecule has 1 amide bonds. The second kappa shape index (κ2) is 6.75. The molecule has 118 valence electrons. The fourth-order valence-electron chi connectivity index (χ4n) is 3.41. The van der Waals surface area contributed by atoms with E-state index < -0.39 is 0 Å². The van der Waals surface area contributed by atoms with Crippen LogP contribution in [-0.4, -0.2) is 52.2 Å². The molecule has 2 aliphatic rings. The Labute approximate surface area is 131 Å². The summed E-state index contributed by atoms with van der Waals surface area (Å²) in [5, 5.41) is 10.4. The predicted octanol–water partition coefficient (Wildman–Crippen LogP) is 1.07. The first-order chi connectivity index (χ1) is 9.67. The average Bonchev–Trinajstić information content (AvgIpc) is 2.87. The number of aromatic nitrogens is 3. The molecule has 0 aromatic carbocycles. The second-order valence-corrected chi connectivity index (χ2v) is 6.15. The van der Waals surface area contributed by atoms with Crippen molar-refractivity contribution >= 4 is 18.3 Å². The molecule has 3 rings (SSSR count). The normalized spacial score (nSPS) is 21.4. The molecule has 6 nitrogen and oxygen atoms in total. The maximum absolute atomic E-state index is 12.1. The van der Waals surface area contributed by atoms with E-state index in [2.05, 4.69) is 20.5 Å². The Hall–Kier alpha value is -1.14. The highest BCUT2D eigenvalue weighted by Gasteiger charge is 2.39. The van der Waals surface area contributed by atoms with Gasteiger partial charge in [-0.3, -0.25) is 9.89 Å². The fourth-order valence-corrected chi connectivity index (χ4v) is 3.41. The zero-order chi connectivity index (χ0) is 14.0. The largest absolute Gasteiger partial charge is 0.342 e. The molecule has 0 bridgehead atoms. The third-order valence-electron chi connectivity index (χ3n) is 4.66. The van der Waals surface area contributed by atoms with E-state index in [1.807, 2.05) is 11.8 Å². The van der Waals surface area contributed by atoms with Crippen molar-refractivity contribution < 1.29 is 4.79 Å². The zero-order valence-electron chi connectivity index (χ0n) is 12.5. The van der Waals surface area contributed by atoms with E-state index in [9.17, 15) is 4.79 Å². The number of hydrogen-bond donors (Lipinski definition) is 2. The predicted molar refractivity (Wildman–Crippen MR) is 82.4 cm³/mol. The van der Waals surface area contributed by atoms with E-state index in [0.717, 1.165) is 50.7 Å². The average molecular weight is 314 g/mol. The maximum Gasteiger partial charge on any atom is 0.222 e. The molecule has 2 saturated heterocycles. The number of hydrogen-bond acceptors (Lipinski definition) is 4. The molecule has 1 aromatic heterocycles. The molecular formula is C14H24ClN5O. The van der Waals surface area contributed by atoms with E-state index in [1.54, 1.807) is 0 Å². The summed E-state index contributed by atoms with van der Waals surface area (Å²) in [5.41, 5.74) is 0.355. The number of amides is 1. The van der Waals surface area contributed by atoms with Crippen molar-refractivity contribution in [2.24, 2.45) is 5.41 Å². The highest BCUT2D eigenvalue weighted by Crippen LogP contribution is 2.38. The van der Waals surface area contributed by atoms with Gasteiger partial charge in [-0.25, -0.2) is 4.98 Å². The standard InChI is InChI=1S/C14H23N5O.ClH/c1-11-16-12(18-17-11)3-9-19-10-14(4-2-13(19)20)5-7-15-8-6-14;/h15H,2-10H2,1H3,(H,16,17,18);1H. The Bertz CT molecular complexity index is 483. The molecule has 3 heterocycles. The number of piperidine rings is 2. The zero-order valence-corrected chi connectivity index (χ0v) is 13.3. The van der Waals surface area contributed by atoms with Crippen molar-refractivity contribution in [2.45, 2.75) is 39.0 Å². The van der Waals surface area contributed by atoms with E-state index in [-0.39, 0.29) is 12.4 Å². The van der Waals surface area contributed by atoms with Crippen LogP contribution in [0.3, 0.4) is 0 Å². The first-order valence-corrected chi connectivity index (χ1v) is 7.53. The number of carbonyl (C=O) groups excluding carboxylic acids is 1. The van der Waals surface area contributed by atoms with E-state index in [1.165, 1.54) is 12.8 Å². The molecule has 0 aliphatic carbocycles. The van der Waals surface area contributed by atoms with Gasteiger partial charge in [0.25, 0.3) is 0 Å². The van der Waals surface area contributed by atoms with Gasteiger partial charge in [0.1, 0.15) is 5.82 Å². The third kappa shape index (κ3) is 3.74. The Morgan fingerprint density at radius 1 is 1.29 bits per heavy atom. The van der Waals surface area contributed by atoms with Crippen molar-refractivity contribution in [3.8, 4) is 0 Å². The van der Waals surface area contributed by atoms with E-state index >= 15 is 0 Å². The summed E-state index contributed by atoms with van der Waals surface area (Å²) in [7, 11) is 0. The van der Waals surface area contributed by atoms with Gasteiger partial charge in [0.05, 0.1) is 0 Å². The lowest BCUT2D eigenvalue weighted by Crippen LogP contribution is -2.51. The highest BCUT2D eigenvalue weighted by atomic mass is 35.5. The minimum atomic E-state index is 0. The lowest BCUT2D eigenvalue weighted by molar-refractivity contribution is -0.138. The molecule has 2 N–H and O–H groups in total. The topological polar surface area (TPSA) is 73.9 Å². The Morgan fingerprint density at radius 2 is 2.05 bits per heavy atom. The minimum Gasteiger partial charge on any atom is -0.342 e. The van der Waals surface area contributed by atoms with Crippen molar-refractivity contribution in [3.63, 3.8) is 0 Å². The lowest BCUT2D eigenvalue weighted by Gasteiger charge is -2.45. The molecule has 2 fully saturated rings. The first-order valence-electron chi connectivity index (χ1n) is 7.53. The van der Waals surface area contributed by atoms with Gasteiger partial charge in [0.15, 0.2) is 5.82 Å². The van der Waals surface area contributed by atoms with Gasteiger partial charge in [-0.2, -0.15) is 5.10 Å². The summed E-state index contributed by atoms with van der Waals surface area (Å²) >= 11 is 0. The summed E-state index contributed by atoms with van der Waals surface area (Å²) in [6.45, 7) is 5.72. The SMILES string of the molecule is Cc1nc(CCN2CC3(CCNCC3)CCC2=O)n[nH]1.Cl. The summed E-state index contributed by atoms with van der Waals surface area (Å²) < 4.78 is 0. The summed E-state index contributed by atoms with van der Waals surface area (Å²) in [6, 6.07) is 0. The van der Waals surface area contributed by atoms with Crippen LogP contribution in [0, 0.1) is 12.3 Å². The van der Waals surface area contributed by atoms with Gasteiger partial charge < -0.3 is 10.2 Å².